The molecule has 3 nitrogen and oxygen atoms in total. The molecule has 3 aromatic rings. The maximum Gasteiger partial charge on any atom is 0.143 e. The van der Waals surface area contributed by atoms with Crippen LogP contribution >= 0.6 is 0 Å². The first kappa shape index (κ1) is 17.4. The van der Waals surface area contributed by atoms with Gasteiger partial charge >= 0.3 is 0 Å². The monoisotopic (exact) mass is 333 g/mol. The molecule has 0 aliphatic carbocycles. The van der Waals surface area contributed by atoms with E-state index < -0.39 is 11.7 Å². The van der Waals surface area contributed by atoms with Gasteiger partial charge < -0.3 is 15.6 Å². The predicted octanol–water partition coefficient (Wildman–Crippen LogP) is 3.31. The van der Waals surface area contributed by atoms with Crippen molar-refractivity contribution in [2.75, 3.05) is 13.2 Å². The molecule has 3 N–H and O–H groups in total. The molecule has 0 fully saturated rings. The summed E-state index contributed by atoms with van der Waals surface area (Å²) in [4.78, 5) is 0. The average molecular weight is 333 g/mol. The molecule has 128 valence electrons. The summed E-state index contributed by atoms with van der Waals surface area (Å²) in [5.41, 5.74) is 7.81. The molecule has 0 radical (unpaired) electrons. The number of hydrogen-bond acceptors (Lipinski definition) is 3. The van der Waals surface area contributed by atoms with Gasteiger partial charge in [-0.05, 0) is 16.7 Å². The van der Waals surface area contributed by atoms with E-state index in [1.165, 1.54) is 0 Å². The fourth-order valence-corrected chi connectivity index (χ4v) is 3.06. The van der Waals surface area contributed by atoms with Crippen LogP contribution in [0.1, 0.15) is 16.7 Å². The summed E-state index contributed by atoms with van der Waals surface area (Å²) >= 11 is 0. The Hall–Kier alpha value is -2.46. The minimum Gasteiger partial charge on any atom is -0.389 e. The summed E-state index contributed by atoms with van der Waals surface area (Å²) in [5.74, 6) is 0. The lowest BCUT2D eigenvalue weighted by molar-refractivity contribution is -0.0350. The van der Waals surface area contributed by atoms with Crippen molar-refractivity contribution in [2.45, 2.75) is 11.7 Å². The lowest BCUT2D eigenvalue weighted by Crippen LogP contribution is -2.37. The second-order valence-corrected chi connectivity index (χ2v) is 5.98. The quantitative estimate of drug-likeness (QED) is 0.652. The molecule has 3 aromatic carbocycles. The topological polar surface area (TPSA) is 55.5 Å². The van der Waals surface area contributed by atoms with Crippen LogP contribution in [0.5, 0.6) is 0 Å². The van der Waals surface area contributed by atoms with Crippen LogP contribution in [0.3, 0.4) is 0 Å². The lowest BCUT2D eigenvalue weighted by Gasteiger charge is -2.36. The highest BCUT2D eigenvalue weighted by Crippen LogP contribution is 2.40. The first-order valence-electron chi connectivity index (χ1n) is 8.46. The molecule has 0 aromatic heterocycles. The predicted molar refractivity (Wildman–Crippen MR) is 100 cm³/mol. The molecule has 0 bridgehead atoms. The maximum absolute atomic E-state index is 10.0. The van der Waals surface area contributed by atoms with Crippen molar-refractivity contribution in [3.63, 3.8) is 0 Å². The van der Waals surface area contributed by atoms with E-state index >= 15 is 0 Å². The number of ether oxygens (including phenoxy) is 1. The zero-order chi connectivity index (χ0) is 17.5. The van der Waals surface area contributed by atoms with Crippen molar-refractivity contribution >= 4 is 0 Å². The van der Waals surface area contributed by atoms with Gasteiger partial charge in [-0.2, -0.15) is 0 Å². The highest BCUT2D eigenvalue weighted by Gasteiger charge is 2.37. The van der Waals surface area contributed by atoms with Gasteiger partial charge in [0, 0.05) is 6.54 Å². The number of rotatable bonds is 7. The van der Waals surface area contributed by atoms with Crippen LogP contribution in [0, 0.1) is 0 Å². The Balaban J connectivity index is 2.20. The summed E-state index contributed by atoms with van der Waals surface area (Å²) in [6.07, 6.45) is -0.712. The highest BCUT2D eigenvalue weighted by molar-refractivity contribution is 5.47. The van der Waals surface area contributed by atoms with E-state index in [4.69, 9.17) is 10.5 Å². The third kappa shape index (κ3) is 3.64. The van der Waals surface area contributed by atoms with E-state index in [1.54, 1.807) is 0 Å². The van der Waals surface area contributed by atoms with E-state index in [-0.39, 0.29) is 13.2 Å². The highest BCUT2D eigenvalue weighted by atomic mass is 16.5. The molecule has 0 unspecified atom stereocenters. The Bertz CT molecular complexity index is 663. The molecular weight excluding hydrogens is 310 g/mol. The van der Waals surface area contributed by atoms with Crippen LogP contribution in [0.2, 0.25) is 0 Å². The van der Waals surface area contributed by atoms with Crippen LogP contribution in [-0.4, -0.2) is 24.4 Å². The Labute approximate surface area is 148 Å². The van der Waals surface area contributed by atoms with Crippen molar-refractivity contribution in [2.24, 2.45) is 5.73 Å². The van der Waals surface area contributed by atoms with Crippen LogP contribution in [-0.2, 0) is 10.3 Å². The first-order chi connectivity index (χ1) is 12.3. The van der Waals surface area contributed by atoms with Crippen LogP contribution in [0.25, 0.3) is 0 Å². The fraction of sp³-hybridized carbons (Fsp3) is 0.182. The van der Waals surface area contributed by atoms with Gasteiger partial charge in [0.2, 0.25) is 0 Å². The zero-order valence-electron chi connectivity index (χ0n) is 14.1. The minimum atomic E-state index is -0.806. The average Bonchev–Trinajstić information content (AvgIpc) is 2.71. The minimum absolute atomic E-state index is 0.148. The van der Waals surface area contributed by atoms with E-state index in [9.17, 15) is 5.11 Å². The zero-order valence-corrected chi connectivity index (χ0v) is 14.1. The van der Waals surface area contributed by atoms with Gasteiger partial charge in [-0.3, -0.25) is 0 Å². The van der Waals surface area contributed by atoms with Crippen molar-refractivity contribution < 1.29 is 9.84 Å². The molecule has 0 spiro atoms. The third-order valence-electron chi connectivity index (χ3n) is 4.31. The standard InChI is InChI=1S/C22H23NO2/c23-16-21(24)17-25-22(18-10-4-1-5-11-18,19-12-6-2-7-13-19)20-14-8-3-9-15-20/h1-15,21,24H,16-17,23H2/t21-/m0/s1. The molecule has 0 aliphatic heterocycles. The summed E-state index contributed by atoms with van der Waals surface area (Å²) in [6, 6.07) is 30.2. The lowest BCUT2D eigenvalue weighted by atomic mass is 9.80. The number of aliphatic hydroxyl groups is 1. The second-order valence-electron chi connectivity index (χ2n) is 5.98. The maximum atomic E-state index is 10.0. The summed E-state index contributed by atoms with van der Waals surface area (Å²) < 4.78 is 6.41. The van der Waals surface area contributed by atoms with Crippen LogP contribution < -0.4 is 5.73 Å². The smallest absolute Gasteiger partial charge is 0.143 e. The first-order valence-corrected chi connectivity index (χ1v) is 8.46. The molecule has 0 heterocycles. The Morgan fingerprint density at radius 1 is 0.720 bits per heavy atom. The van der Waals surface area contributed by atoms with E-state index in [0.29, 0.717) is 0 Å². The number of hydrogen-bond donors (Lipinski definition) is 2. The van der Waals surface area contributed by atoms with Crippen LogP contribution in [0.4, 0.5) is 0 Å². The molecule has 25 heavy (non-hydrogen) atoms. The molecule has 0 aliphatic rings. The molecule has 0 amide bonds. The summed E-state index contributed by atoms with van der Waals surface area (Å²) in [5, 5.41) is 10.0. The van der Waals surface area contributed by atoms with Gasteiger partial charge in [0.15, 0.2) is 0 Å². The van der Waals surface area contributed by atoms with Crippen molar-refractivity contribution in [1.29, 1.82) is 0 Å². The molecule has 0 saturated heterocycles. The van der Waals surface area contributed by atoms with E-state index in [0.717, 1.165) is 16.7 Å². The molecule has 0 saturated carbocycles. The third-order valence-corrected chi connectivity index (χ3v) is 4.31. The molecule has 3 rings (SSSR count). The number of benzene rings is 3. The number of aliphatic hydroxyl groups excluding tert-OH is 1. The van der Waals surface area contributed by atoms with E-state index in [2.05, 4.69) is 36.4 Å². The fourth-order valence-electron chi connectivity index (χ4n) is 3.06. The number of nitrogens with two attached hydrogens (primary N) is 1. The van der Waals surface area contributed by atoms with Gasteiger partial charge in [-0.25, -0.2) is 0 Å². The Morgan fingerprint density at radius 2 is 1.08 bits per heavy atom. The van der Waals surface area contributed by atoms with Gasteiger partial charge in [0.25, 0.3) is 0 Å². The van der Waals surface area contributed by atoms with Gasteiger partial charge in [-0.1, -0.05) is 91.0 Å². The van der Waals surface area contributed by atoms with Crippen molar-refractivity contribution in [3.05, 3.63) is 108 Å². The largest absolute Gasteiger partial charge is 0.389 e. The van der Waals surface area contributed by atoms with Crippen molar-refractivity contribution in [3.8, 4) is 0 Å². The Kier molecular flexibility index (Phi) is 5.61. The summed E-state index contributed by atoms with van der Waals surface area (Å²) in [6.45, 7) is 0.309. The van der Waals surface area contributed by atoms with Gasteiger partial charge in [0.05, 0.1) is 12.7 Å². The normalized spacial score (nSPS) is 12.7. The molecule has 1 atom stereocenters. The Morgan fingerprint density at radius 3 is 1.40 bits per heavy atom. The summed E-state index contributed by atoms with van der Waals surface area (Å²) in [7, 11) is 0. The second kappa shape index (κ2) is 8.08. The SMILES string of the molecule is NC[C@H](O)COC(c1ccccc1)(c1ccccc1)c1ccccc1. The van der Waals surface area contributed by atoms with Gasteiger partial charge in [-0.15, -0.1) is 0 Å². The van der Waals surface area contributed by atoms with Crippen molar-refractivity contribution in [1.82, 2.24) is 0 Å². The van der Waals surface area contributed by atoms with Gasteiger partial charge in [0.1, 0.15) is 5.60 Å². The van der Waals surface area contributed by atoms with E-state index in [1.807, 2.05) is 54.6 Å². The molecule has 3 heteroatoms. The molecular formula is C22H23NO2. The van der Waals surface area contributed by atoms with Crippen LogP contribution in [0.15, 0.2) is 91.0 Å².